The number of anilines is 2. The van der Waals surface area contributed by atoms with Crippen LogP contribution in [0.3, 0.4) is 0 Å². The third-order valence-electron chi connectivity index (χ3n) is 9.04. The predicted octanol–water partition coefficient (Wildman–Crippen LogP) is 11.5. The summed E-state index contributed by atoms with van der Waals surface area (Å²) in [6, 6.07) is 43.0. The van der Waals surface area contributed by atoms with Crippen molar-refractivity contribution in [2.45, 2.75) is 20.3 Å². The molecule has 1 heterocycles. The van der Waals surface area contributed by atoms with Crippen molar-refractivity contribution in [1.29, 1.82) is 0 Å². The second-order valence-corrected chi connectivity index (χ2v) is 12.0. The first kappa shape index (κ1) is 29.2. The van der Waals surface area contributed by atoms with Crippen molar-refractivity contribution < 1.29 is 0 Å². The molecule has 1 atom stereocenters. The van der Waals surface area contributed by atoms with Crippen LogP contribution < -0.4 is 4.90 Å². The molecule has 0 amide bonds. The summed E-state index contributed by atoms with van der Waals surface area (Å²) in [6.07, 6.45) is 9.84. The zero-order chi connectivity index (χ0) is 31.5. The molecule has 0 saturated carbocycles. The number of fused-ring (bicyclic) bond motifs is 1. The summed E-state index contributed by atoms with van der Waals surface area (Å²) in [5.74, 6) is 0.416. The molecule has 5 aromatic carbocycles. The average molecular weight is 596 g/mol. The van der Waals surface area contributed by atoms with Crippen molar-refractivity contribution >= 4 is 34.7 Å². The van der Waals surface area contributed by atoms with Gasteiger partial charge in [0, 0.05) is 28.7 Å². The monoisotopic (exact) mass is 595 g/mol. The predicted molar refractivity (Wildman–Crippen MR) is 197 cm³/mol. The van der Waals surface area contributed by atoms with Crippen molar-refractivity contribution in [3.63, 3.8) is 0 Å². The number of benzene rings is 5. The molecule has 0 N–H and O–H groups in total. The van der Waals surface area contributed by atoms with Gasteiger partial charge in [-0.05, 0) is 97.1 Å². The quantitative estimate of drug-likeness (QED) is 0.164. The van der Waals surface area contributed by atoms with Crippen molar-refractivity contribution in [3.05, 3.63) is 157 Å². The lowest BCUT2D eigenvalue weighted by Crippen LogP contribution is -2.24. The summed E-state index contributed by atoms with van der Waals surface area (Å²) >= 11 is 0. The lowest BCUT2D eigenvalue weighted by Gasteiger charge is -2.30. The van der Waals surface area contributed by atoms with Crippen molar-refractivity contribution in [3.8, 4) is 33.5 Å². The summed E-state index contributed by atoms with van der Waals surface area (Å²) in [4.78, 5) is 12.0. The van der Waals surface area contributed by atoms with Gasteiger partial charge < -0.3 is 4.90 Å². The van der Waals surface area contributed by atoms with Gasteiger partial charge in [0.15, 0.2) is 0 Å². The number of aliphatic imine (C=N–C) groups is 1. The maximum atomic E-state index is 5.27. The standard InChI is InChI=1S/C43H37N3/c1-30-14-7-8-19-37(30)42-31(2)38-20-9-10-21-39(38)45-43(42)35-18-13-17-34(28-35)33-24-26-36(27-25-33)46(29-32-15-5-4-6-16-32)41-23-12-11-22-40(41)44-3/h4-15,17-28,32H,3,16,29H2,1-2H3. The van der Waals surface area contributed by atoms with Gasteiger partial charge in [-0.3, -0.25) is 4.99 Å². The van der Waals surface area contributed by atoms with E-state index in [4.69, 9.17) is 4.98 Å². The molecule has 1 aromatic heterocycles. The molecule has 224 valence electrons. The first-order valence-electron chi connectivity index (χ1n) is 15.9. The molecule has 0 radical (unpaired) electrons. The highest BCUT2D eigenvalue weighted by atomic mass is 15.1. The normalized spacial score (nSPS) is 14.0. The van der Waals surface area contributed by atoms with Crippen LogP contribution in [0.1, 0.15) is 17.5 Å². The van der Waals surface area contributed by atoms with E-state index >= 15 is 0 Å². The summed E-state index contributed by atoms with van der Waals surface area (Å²) in [5, 5.41) is 1.19. The van der Waals surface area contributed by atoms with Gasteiger partial charge in [-0.1, -0.05) is 109 Å². The molecule has 7 rings (SSSR count). The minimum absolute atomic E-state index is 0.416. The summed E-state index contributed by atoms with van der Waals surface area (Å²) < 4.78 is 0. The van der Waals surface area contributed by atoms with E-state index in [9.17, 15) is 0 Å². The Morgan fingerprint density at radius 1 is 0.761 bits per heavy atom. The number of allylic oxidation sites excluding steroid dienone is 3. The first-order chi connectivity index (χ1) is 22.6. The van der Waals surface area contributed by atoms with Gasteiger partial charge in [-0.15, -0.1) is 0 Å². The average Bonchev–Trinajstić information content (AvgIpc) is 3.12. The Morgan fingerprint density at radius 2 is 1.52 bits per heavy atom. The van der Waals surface area contributed by atoms with Crippen LogP contribution in [0.5, 0.6) is 0 Å². The number of aryl methyl sites for hydroxylation is 2. The Balaban J connectivity index is 1.29. The third kappa shape index (κ3) is 5.68. The Morgan fingerprint density at radius 3 is 2.33 bits per heavy atom. The lowest BCUT2D eigenvalue weighted by molar-refractivity contribution is 0.657. The van der Waals surface area contributed by atoms with Crippen LogP contribution in [0.4, 0.5) is 17.1 Å². The molecule has 3 heteroatoms. The van der Waals surface area contributed by atoms with Gasteiger partial charge in [0.1, 0.15) is 0 Å². The molecular weight excluding hydrogens is 558 g/mol. The third-order valence-corrected chi connectivity index (χ3v) is 9.04. The number of rotatable bonds is 8. The molecule has 3 nitrogen and oxygen atoms in total. The number of nitrogens with zero attached hydrogens (tertiary/aromatic N) is 3. The molecule has 0 fully saturated rings. The molecule has 0 spiro atoms. The number of hydrogen-bond acceptors (Lipinski definition) is 3. The number of aromatic nitrogens is 1. The Labute approximate surface area is 271 Å². The van der Waals surface area contributed by atoms with Crippen LogP contribution in [0, 0.1) is 19.8 Å². The van der Waals surface area contributed by atoms with Crippen LogP contribution >= 0.6 is 0 Å². The van der Waals surface area contributed by atoms with Gasteiger partial charge in [0.25, 0.3) is 0 Å². The van der Waals surface area contributed by atoms with Crippen LogP contribution in [0.2, 0.25) is 0 Å². The summed E-state index contributed by atoms with van der Waals surface area (Å²) in [6.45, 7) is 9.11. The highest BCUT2D eigenvalue weighted by molar-refractivity contribution is 5.96. The maximum Gasteiger partial charge on any atom is 0.0859 e. The topological polar surface area (TPSA) is 28.5 Å². The molecule has 1 aliphatic rings. The Kier molecular flexibility index (Phi) is 8.14. The molecule has 0 bridgehead atoms. The fourth-order valence-electron chi connectivity index (χ4n) is 6.62. The van der Waals surface area contributed by atoms with Crippen molar-refractivity contribution in [1.82, 2.24) is 4.98 Å². The van der Waals surface area contributed by atoms with Crippen molar-refractivity contribution in [2.75, 3.05) is 11.4 Å². The van der Waals surface area contributed by atoms with Gasteiger partial charge in [-0.25, -0.2) is 4.98 Å². The summed E-state index contributed by atoms with van der Waals surface area (Å²) in [5.41, 5.74) is 13.5. The maximum absolute atomic E-state index is 5.27. The van der Waals surface area contributed by atoms with E-state index in [0.717, 1.165) is 57.9 Å². The van der Waals surface area contributed by atoms with Crippen LogP contribution in [-0.2, 0) is 0 Å². The fraction of sp³-hybridized carbons (Fsp3) is 0.116. The van der Waals surface area contributed by atoms with Crippen LogP contribution in [-0.4, -0.2) is 18.2 Å². The lowest BCUT2D eigenvalue weighted by atomic mass is 9.89. The summed E-state index contributed by atoms with van der Waals surface area (Å²) in [7, 11) is 0. The first-order valence-corrected chi connectivity index (χ1v) is 15.9. The molecule has 1 aliphatic carbocycles. The van der Waals surface area contributed by atoms with Gasteiger partial charge >= 0.3 is 0 Å². The van der Waals surface area contributed by atoms with E-state index in [2.05, 4.69) is 164 Å². The highest BCUT2D eigenvalue weighted by Gasteiger charge is 2.19. The van der Waals surface area contributed by atoms with E-state index in [1.54, 1.807) is 0 Å². The van der Waals surface area contributed by atoms with Gasteiger partial charge in [0.05, 0.1) is 22.6 Å². The largest absolute Gasteiger partial charge is 0.339 e. The van der Waals surface area contributed by atoms with E-state index in [1.165, 1.54) is 27.6 Å². The zero-order valence-corrected chi connectivity index (χ0v) is 26.4. The molecule has 0 saturated heterocycles. The van der Waals surface area contributed by atoms with E-state index in [0.29, 0.717) is 5.92 Å². The van der Waals surface area contributed by atoms with E-state index < -0.39 is 0 Å². The number of pyridine rings is 1. The molecular formula is C43H37N3. The Bertz CT molecular complexity index is 2100. The number of para-hydroxylation sites is 3. The molecule has 6 aromatic rings. The molecule has 46 heavy (non-hydrogen) atoms. The minimum atomic E-state index is 0.416. The minimum Gasteiger partial charge on any atom is -0.339 e. The second kappa shape index (κ2) is 12.8. The van der Waals surface area contributed by atoms with E-state index in [-0.39, 0.29) is 0 Å². The van der Waals surface area contributed by atoms with Crippen LogP contribution in [0.25, 0.3) is 44.4 Å². The number of hydrogen-bond donors (Lipinski definition) is 0. The highest BCUT2D eigenvalue weighted by Crippen LogP contribution is 2.40. The molecule has 1 unspecified atom stereocenters. The fourth-order valence-corrected chi connectivity index (χ4v) is 6.62. The Hall–Kier alpha value is -5.54. The smallest absolute Gasteiger partial charge is 0.0859 e. The van der Waals surface area contributed by atoms with Crippen LogP contribution in [0.15, 0.2) is 151 Å². The zero-order valence-electron chi connectivity index (χ0n) is 26.4. The second-order valence-electron chi connectivity index (χ2n) is 12.0. The molecule has 0 aliphatic heterocycles. The van der Waals surface area contributed by atoms with Gasteiger partial charge in [0.2, 0.25) is 0 Å². The van der Waals surface area contributed by atoms with E-state index in [1.807, 2.05) is 12.1 Å². The SMILES string of the molecule is C=Nc1ccccc1N(CC1C=CC=CC1)c1ccc(-c2cccc(-c3nc4ccccc4c(C)c3-c3ccccc3C)c2)cc1. The van der Waals surface area contributed by atoms with Crippen molar-refractivity contribution in [2.24, 2.45) is 10.9 Å². The van der Waals surface area contributed by atoms with Gasteiger partial charge in [-0.2, -0.15) is 0 Å².